The number of hydrogen-bond acceptors (Lipinski definition) is 6. The minimum atomic E-state index is -3.84. The molecule has 2 amide bonds. The number of sulfonamides is 1. The molecule has 140 valence electrons. The summed E-state index contributed by atoms with van der Waals surface area (Å²) in [5, 5.41) is 18.9. The molecule has 9 nitrogen and oxygen atoms in total. The van der Waals surface area contributed by atoms with Gasteiger partial charge in [-0.3, -0.25) is 9.59 Å². The van der Waals surface area contributed by atoms with Crippen LogP contribution in [0.5, 0.6) is 0 Å². The molecule has 27 heavy (non-hydrogen) atoms. The van der Waals surface area contributed by atoms with Crippen molar-refractivity contribution >= 4 is 33.2 Å². The van der Waals surface area contributed by atoms with E-state index in [1.165, 1.54) is 36.4 Å². The van der Waals surface area contributed by atoms with Crippen LogP contribution in [0, 0.1) is 11.3 Å². The van der Waals surface area contributed by atoms with Gasteiger partial charge in [0.25, 0.3) is 5.91 Å². The second kappa shape index (κ2) is 8.31. The zero-order valence-corrected chi connectivity index (χ0v) is 14.9. The molecule has 0 unspecified atom stereocenters. The number of rotatable bonds is 6. The Balaban J connectivity index is 2.09. The summed E-state index contributed by atoms with van der Waals surface area (Å²) in [5.74, 6) is -1.15. The highest BCUT2D eigenvalue weighted by Gasteiger charge is 2.21. The van der Waals surface area contributed by atoms with Gasteiger partial charge in [0, 0.05) is 16.9 Å². The summed E-state index contributed by atoms with van der Waals surface area (Å²) in [4.78, 5) is 24.5. The summed E-state index contributed by atoms with van der Waals surface area (Å²) in [6.07, 6.45) is -0.248. The Morgan fingerprint density at radius 1 is 1.07 bits per heavy atom. The number of hydrogen-bond donors (Lipinski definition) is 4. The van der Waals surface area contributed by atoms with Crippen molar-refractivity contribution < 1.29 is 18.0 Å². The zero-order valence-electron chi connectivity index (χ0n) is 14.0. The zero-order chi connectivity index (χ0) is 20.0. The number of nitriles is 1. The van der Waals surface area contributed by atoms with E-state index >= 15 is 0 Å². The van der Waals surface area contributed by atoms with Crippen LogP contribution in [0.4, 0.5) is 11.4 Å². The Morgan fingerprint density at radius 3 is 2.19 bits per heavy atom. The first-order valence-electron chi connectivity index (χ1n) is 7.68. The van der Waals surface area contributed by atoms with Crippen molar-refractivity contribution in [3.63, 3.8) is 0 Å². The molecular weight excluding hydrogens is 370 g/mol. The van der Waals surface area contributed by atoms with Crippen LogP contribution >= 0.6 is 0 Å². The van der Waals surface area contributed by atoms with E-state index < -0.39 is 27.9 Å². The van der Waals surface area contributed by atoms with E-state index in [-0.39, 0.29) is 22.6 Å². The SMILES string of the molecule is N#CC[C@H](NC(=O)c1ccc(N)cc1)C(=O)Nc1ccc(S(N)(=O)=O)cc1. The lowest BCUT2D eigenvalue weighted by molar-refractivity contribution is -0.117. The minimum absolute atomic E-state index is 0.106. The van der Waals surface area contributed by atoms with Crippen LogP contribution in [0.3, 0.4) is 0 Å². The Labute approximate surface area is 156 Å². The molecule has 0 radical (unpaired) electrons. The first-order chi connectivity index (χ1) is 12.7. The highest BCUT2D eigenvalue weighted by atomic mass is 32.2. The van der Waals surface area contributed by atoms with Crippen LogP contribution < -0.4 is 21.5 Å². The topological polar surface area (TPSA) is 168 Å². The maximum absolute atomic E-state index is 12.4. The first kappa shape index (κ1) is 19.9. The molecule has 0 aliphatic carbocycles. The number of benzene rings is 2. The smallest absolute Gasteiger partial charge is 0.251 e. The summed E-state index contributed by atoms with van der Waals surface area (Å²) < 4.78 is 22.5. The molecule has 0 aliphatic heterocycles. The van der Waals surface area contributed by atoms with Crippen molar-refractivity contribution in [2.75, 3.05) is 11.1 Å². The average molecular weight is 387 g/mol. The van der Waals surface area contributed by atoms with Gasteiger partial charge in [-0.15, -0.1) is 0 Å². The predicted molar refractivity (Wildman–Crippen MR) is 98.8 cm³/mol. The van der Waals surface area contributed by atoms with Crippen LogP contribution in [-0.2, 0) is 14.8 Å². The van der Waals surface area contributed by atoms with Gasteiger partial charge in [-0.1, -0.05) is 0 Å². The summed E-state index contributed by atoms with van der Waals surface area (Å²) >= 11 is 0. The van der Waals surface area contributed by atoms with Crippen LogP contribution in [0.15, 0.2) is 53.4 Å². The number of carbonyl (C=O) groups excluding carboxylic acids is 2. The predicted octanol–water partition coefficient (Wildman–Crippen LogP) is 0.567. The van der Waals surface area contributed by atoms with Crippen molar-refractivity contribution in [3.8, 4) is 6.07 Å². The van der Waals surface area contributed by atoms with E-state index in [1.807, 2.05) is 6.07 Å². The van der Waals surface area contributed by atoms with E-state index in [4.69, 9.17) is 16.1 Å². The summed E-state index contributed by atoms with van der Waals surface area (Å²) in [6.45, 7) is 0. The van der Waals surface area contributed by atoms with Crippen LogP contribution in [0.25, 0.3) is 0 Å². The molecule has 1 atom stereocenters. The Hall–Kier alpha value is -3.42. The lowest BCUT2D eigenvalue weighted by atomic mass is 10.1. The lowest BCUT2D eigenvalue weighted by Crippen LogP contribution is -2.43. The van der Waals surface area contributed by atoms with Gasteiger partial charge in [0.05, 0.1) is 17.4 Å². The number of nitrogens with one attached hydrogen (secondary N) is 2. The molecule has 10 heteroatoms. The van der Waals surface area contributed by atoms with Gasteiger partial charge < -0.3 is 16.4 Å². The molecule has 2 aromatic carbocycles. The van der Waals surface area contributed by atoms with Crippen LogP contribution in [0.2, 0.25) is 0 Å². The third kappa shape index (κ3) is 5.53. The molecule has 0 aromatic heterocycles. The number of anilines is 2. The highest BCUT2D eigenvalue weighted by molar-refractivity contribution is 7.89. The monoisotopic (exact) mass is 387 g/mol. The molecule has 0 heterocycles. The largest absolute Gasteiger partial charge is 0.399 e. The van der Waals surface area contributed by atoms with E-state index in [9.17, 15) is 18.0 Å². The van der Waals surface area contributed by atoms with Gasteiger partial charge in [0.1, 0.15) is 6.04 Å². The van der Waals surface area contributed by atoms with E-state index in [0.717, 1.165) is 0 Å². The number of nitrogens with two attached hydrogens (primary N) is 2. The molecule has 0 saturated carbocycles. The van der Waals surface area contributed by atoms with Crippen LogP contribution in [0.1, 0.15) is 16.8 Å². The maximum atomic E-state index is 12.4. The molecule has 2 rings (SSSR count). The molecule has 0 aliphatic rings. The maximum Gasteiger partial charge on any atom is 0.251 e. The Kier molecular flexibility index (Phi) is 6.12. The van der Waals surface area contributed by atoms with E-state index in [0.29, 0.717) is 5.69 Å². The second-order valence-electron chi connectivity index (χ2n) is 5.57. The molecular formula is C17H17N5O4S. The normalized spacial score (nSPS) is 11.9. The fraction of sp³-hybridized carbons (Fsp3) is 0.118. The Morgan fingerprint density at radius 2 is 1.67 bits per heavy atom. The van der Waals surface area contributed by atoms with Crippen molar-refractivity contribution in [1.29, 1.82) is 5.26 Å². The molecule has 0 saturated heterocycles. The van der Waals surface area contributed by atoms with Gasteiger partial charge in [-0.2, -0.15) is 5.26 Å². The van der Waals surface area contributed by atoms with Crippen molar-refractivity contribution in [1.82, 2.24) is 5.32 Å². The fourth-order valence-electron chi connectivity index (χ4n) is 2.13. The van der Waals surface area contributed by atoms with Crippen molar-refractivity contribution in [2.45, 2.75) is 17.4 Å². The third-order valence-electron chi connectivity index (χ3n) is 3.54. The van der Waals surface area contributed by atoms with Crippen molar-refractivity contribution in [2.24, 2.45) is 5.14 Å². The van der Waals surface area contributed by atoms with Gasteiger partial charge >= 0.3 is 0 Å². The van der Waals surface area contributed by atoms with E-state index in [1.54, 1.807) is 12.1 Å². The number of primary sulfonamides is 1. The summed E-state index contributed by atoms with van der Waals surface area (Å²) in [7, 11) is -3.84. The lowest BCUT2D eigenvalue weighted by Gasteiger charge is -2.16. The van der Waals surface area contributed by atoms with Crippen molar-refractivity contribution in [3.05, 3.63) is 54.1 Å². The highest BCUT2D eigenvalue weighted by Crippen LogP contribution is 2.13. The Bertz CT molecular complexity index is 979. The van der Waals surface area contributed by atoms with E-state index in [2.05, 4.69) is 10.6 Å². The number of nitrogen functional groups attached to an aromatic ring is 1. The third-order valence-corrected chi connectivity index (χ3v) is 4.47. The molecule has 0 spiro atoms. The fourth-order valence-corrected chi connectivity index (χ4v) is 2.65. The average Bonchev–Trinajstić information content (AvgIpc) is 2.61. The summed E-state index contributed by atoms with van der Waals surface area (Å²) in [6, 6.07) is 12.0. The first-order valence-corrected chi connectivity index (χ1v) is 9.22. The number of amides is 2. The second-order valence-corrected chi connectivity index (χ2v) is 7.13. The van der Waals surface area contributed by atoms with Gasteiger partial charge in [-0.25, -0.2) is 13.6 Å². The molecule has 6 N–H and O–H groups in total. The van der Waals surface area contributed by atoms with Gasteiger partial charge in [-0.05, 0) is 48.5 Å². The van der Waals surface area contributed by atoms with Crippen LogP contribution in [-0.4, -0.2) is 26.3 Å². The number of nitrogens with zero attached hydrogens (tertiary/aromatic N) is 1. The number of carbonyl (C=O) groups is 2. The quantitative estimate of drug-likeness (QED) is 0.528. The van der Waals surface area contributed by atoms with Gasteiger partial charge in [0.2, 0.25) is 15.9 Å². The minimum Gasteiger partial charge on any atom is -0.399 e. The molecule has 0 fully saturated rings. The van der Waals surface area contributed by atoms with Gasteiger partial charge in [0.15, 0.2) is 0 Å². The summed E-state index contributed by atoms with van der Waals surface area (Å²) in [5.41, 5.74) is 6.63. The molecule has 0 bridgehead atoms. The molecule has 2 aromatic rings. The standard InChI is InChI=1S/C17H17N5O4S/c18-10-9-15(22-16(23)11-1-3-12(19)4-2-11)17(24)21-13-5-7-14(8-6-13)27(20,25)26/h1-8,15H,9,19H2,(H,21,24)(H,22,23)(H2,20,25,26)/t15-/m0/s1.